The van der Waals surface area contributed by atoms with Gasteiger partial charge in [-0.2, -0.15) is 13.2 Å². The third kappa shape index (κ3) is 3.26. The van der Waals surface area contributed by atoms with E-state index in [1.807, 2.05) is 0 Å². The summed E-state index contributed by atoms with van der Waals surface area (Å²) in [5.41, 5.74) is 0.509. The molecule has 24 heavy (non-hydrogen) atoms. The van der Waals surface area contributed by atoms with Crippen molar-refractivity contribution in [3.63, 3.8) is 0 Å². The van der Waals surface area contributed by atoms with E-state index < -0.39 is 39.7 Å². The van der Waals surface area contributed by atoms with Gasteiger partial charge in [-0.1, -0.05) is 18.2 Å². The van der Waals surface area contributed by atoms with Gasteiger partial charge in [-0.15, -0.1) is 0 Å². The molecule has 3 rings (SSSR count). The van der Waals surface area contributed by atoms with Crippen LogP contribution in [0.3, 0.4) is 0 Å². The van der Waals surface area contributed by atoms with Crippen molar-refractivity contribution in [1.29, 1.82) is 0 Å². The average Bonchev–Trinajstić information content (AvgIpc) is 2.61. The van der Waals surface area contributed by atoms with Crippen LogP contribution < -0.4 is 9.62 Å². The highest BCUT2D eigenvalue weighted by Crippen LogP contribution is 2.38. The number of nitrogens with one attached hydrogen (secondary N) is 1. The number of sulfonamides is 1. The van der Waals surface area contributed by atoms with Crippen LogP contribution in [0.4, 0.5) is 28.9 Å². The highest BCUT2D eigenvalue weighted by Gasteiger charge is 2.44. The predicted molar refractivity (Wildman–Crippen MR) is 82.9 cm³/mol. The Kier molecular flexibility index (Phi) is 4.06. The molecule has 1 heterocycles. The number of allylic oxidation sites excluding steroid dienone is 2. The fraction of sp³-hybridized carbons (Fsp3) is 0.333. The quantitative estimate of drug-likeness (QED) is 0.822. The Morgan fingerprint density at radius 2 is 1.96 bits per heavy atom. The van der Waals surface area contributed by atoms with E-state index in [0.717, 1.165) is 10.4 Å². The van der Waals surface area contributed by atoms with E-state index in [9.17, 15) is 26.0 Å². The summed E-state index contributed by atoms with van der Waals surface area (Å²) in [5.74, 6) is -3.14. The lowest BCUT2D eigenvalue weighted by atomic mass is 9.95. The van der Waals surface area contributed by atoms with Crippen molar-refractivity contribution in [3.8, 4) is 0 Å². The second kappa shape index (κ2) is 5.80. The number of benzene rings is 1. The molecule has 130 valence electrons. The SMILES string of the molecule is O=S(=O)(CC(F)(F)F)N1c2ccccc2NCC2C=C(F)C=CC21. The van der Waals surface area contributed by atoms with Crippen LogP contribution in [0.15, 0.2) is 48.3 Å². The van der Waals surface area contributed by atoms with E-state index in [1.54, 1.807) is 18.2 Å². The highest BCUT2D eigenvalue weighted by atomic mass is 32.2. The molecular formula is C15H14F4N2O2S. The number of nitrogens with zero attached hydrogens (tertiary/aromatic N) is 1. The zero-order valence-corrected chi connectivity index (χ0v) is 13.1. The molecule has 9 heteroatoms. The number of anilines is 2. The van der Waals surface area contributed by atoms with Gasteiger partial charge >= 0.3 is 6.18 Å². The molecule has 2 atom stereocenters. The minimum Gasteiger partial charge on any atom is -0.383 e. The molecule has 0 radical (unpaired) electrons. The van der Waals surface area contributed by atoms with Crippen LogP contribution in [0, 0.1) is 5.92 Å². The topological polar surface area (TPSA) is 49.4 Å². The van der Waals surface area contributed by atoms with Crippen molar-refractivity contribution < 1.29 is 26.0 Å². The first kappa shape index (κ1) is 16.8. The van der Waals surface area contributed by atoms with Crippen molar-refractivity contribution in [2.75, 3.05) is 21.9 Å². The maximum absolute atomic E-state index is 13.5. The molecule has 1 aliphatic carbocycles. The van der Waals surface area contributed by atoms with Gasteiger partial charge in [0.2, 0.25) is 10.0 Å². The summed E-state index contributed by atoms with van der Waals surface area (Å²) in [6.45, 7) is 0.206. The van der Waals surface area contributed by atoms with Crippen LogP contribution in [0.1, 0.15) is 0 Å². The van der Waals surface area contributed by atoms with Crippen LogP contribution >= 0.6 is 0 Å². The number of fused-ring (bicyclic) bond motifs is 2. The van der Waals surface area contributed by atoms with E-state index in [1.165, 1.54) is 18.2 Å². The Hall–Kier alpha value is -2.03. The first-order valence-corrected chi connectivity index (χ1v) is 8.75. The molecule has 0 fully saturated rings. The summed E-state index contributed by atoms with van der Waals surface area (Å²) in [5, 5.41) is 2.98. The minimum atomic E-state index is -4.87. The second-order valence-electron chi connectivity index (χ2n) is 5.63. The fourth-order valence-electron chi connectivity index (χ4n) is 2.94. The minimum absolute atomic E-state index is 0.120. The molecule has 1 aromatic rings. The van der Waals surface area contributed by atoms with Crippen molar-refractivity contribution in [3.05, 3.63) is 48.3 Å². The van der Waals surface area contributed by atoms with Gasteiger partial charge in [-0.05, 0) is 24.3 Å². The molecular weight excluding hydrogens is 348 g/mol. The van der Waals surface area contributed by atoms with Gasteiger partial charge in [0.15, 0.2) is 5.75 Å². The van der Waals surface area contributed by atoms with Crippen molar-refractivity contribution in [1.82, 2.24) is 0 Å². The zero-order valence-electron chi connectivity index (χ0n) is 12.3. The van der Waals surface area contributed by atoms with Gasteiger partial charge in [0.05, 0.1) is 17.4 Å². The Balaban J connectivity index is 2.13. The molecule has 0 bridgehead atoms. The van der Waals surface area contributed by atoms with Crippen molar-refractivity contribution in [2.24, 2.45) is 5.92 Å². The third-order valence-electron chi connectivity index (χ3n) is 3.85. The van der Waals surface area contributed by atoms with E-state index in [2.05, 4.69) is 5.32 Å². The molecule has 0 amide bonds. The van der Waals surface area contributed by atoms with Crippen LogP contribution in [-0.2, 0) is 10.0 Å². The summed E-state index contributed by atoms with van der Waals surface area (Å²) < 4.78 is 77.5. The highest BCUT2D eigenvalue weighted by molar-refractivity contribution is 7.92. The largest absolute Gasteiger partial charge is 0.404 e. The van der Waals surface area contributed by atoms with Gasteiger partial charge < -0.3 is 5.32 Å². The van der Waals surface area contributed by atoms with Gasteiger partial charge in [0.25, 0.3) is 0 Å². The van der Waals surface area contributed by atoms with Crippen molar-refractivity contribution >= 4 is 21.4 Å². The Morgan fingerprint density at radius 1 is 1.25 bits per heavy atom. The lowest BCUT2D eigenvalue weighted by molar-refractivity contribution is -0.106. The summed E-state index contributed by atoms with van der Waals surface area (Å²) >= 11 is 0. The first-order chi connectivity index (χ1) is 11.2. The van der Waals surface area contributed by atoms with Crippen LogP contribution in [-0.4, -0.2) is 32.9 Å². The molecule has 4 nitrogen and oxygen atoms in total. The van der Waals surface area contributed by atoms with Gasteiger partial charge in [0, 0.05) is 12.5 Å². The third-order valence-corrected chi connectivity index (χ3v) is 5.58. The molecule has 2 aliphatic rings. The molecule has 0 spiro atoms. The number of rotatable bonds is 2. The van der Waals surface area contributed by atoms with Crippen LogP contribution in [0.2, 0.25) is 0 Å². The molecule has 0 aromatic heterocycles. The smallest absolute Gasteiger partial charge is 0.383 e. The van der Waals surface area contributed by atoms with Crippen molar-refractivity contribution in [2.45, 2.75) is 12.2 Å². The number of halogens is 4. The fourth-order valence-corrected chi connectivity index (χ4v) is 4.55. The lowest BCUT2D eigenvalue weighted by Gasteiger charge is -2.34. The monoisotopic (exact) mass is 362 g/mol. The molecule has 2 unspecified atom stereocenters. The standard InChI is InChI=1S/C15H14F4N2O2S/c16-11-5-6-13-10(7-11)8-20-12-3-1-2-4-14(12)21(13)24(22,23)9-15(17,18)19/h1-7,10,13,20H,8-9H2. The molecule has 0 saturated heterocycles. The predicted octanol–water partition coefficient (Wildman–Crippen LogP) is 3.22. The number of hydrogen-bond acceptors (Lipinski definition) is 3. The number of para-hydroxylation sites is 2. The van der Waals surface area contributed by atoms with E-state index >= 15 is 0 Å². The lowest BCUT2D eigenvalue weighted by Crippen LogP contribution is -2.47. The zero-order chi connectivity index (χ0) is 17.5. The van der Waals surface area contributed by atoms with Crippen LogP contribution in [0.25, 0.3) is 0 Å². The van der Waals surface area contributed by atoms with Gasteiger partial charge in [-0.3, -0.25) is 4.31 Å². The molecule has 0 saturated carbocycles. The summed E-state index contributed by atoms with van der Waals surface area (Å²) in [7, 11) is -4.70. The summed E-state index contributed by atoms with van der Waals surface area (Å²) in [6.07, 6.45) is -1.29. The molecule has 1 aromatic carbocycles. The van der Waals surface area contributed by atoms with Crippen LogP contribution in [0.5, 0.6) is 0 Å². The number of hydrogen-bond donors (Lipinski definition) is 1. The van der Waals surface area contributed by atoms with Gasteiger partial charge in [0.1, 0.15) is 5.83 Å². The van der Waals surface area contributed by atoms with E-state index in [-0.39, 0.29) is 12.2 Å². The second-order valence-corrected chi connectivity index (χ2v) is 7.48. The maximum atomic E-state index is 13.5. The Morgan fingerprint density at radius 3 is 2.67 bits per heavy atom. The summed E-state index contributed by atoms with van der Waals surface area (Å²) in [6, 6.07) is 5.27. The Labute approximate surface area is 136 Å². The Bertz CT molecular complexity index is 802. The summed E-state index contributed by atoms with van der Waals surface area (Å²) in [4.78, 5) is 0. The van der Waals surface area contributed by atoms with Gasteiger partial charge in [-0.25, -0.2) is 12.8 Å². The first-order valence-electron chi connectivity index (χ1n) is 7.15. The molecule has 1 N–H and O–H groups in total. The molecule has 1 aliphatic heterocycles. The number of alkyl halides is 3. The maximum Gasteiger partial charge on any atom is 0.404 e. The average molecular weight is 362 g/mol. The van der Waals surface area contributed by atoms with E-state index in [4.69, 9.17) is 0 Å². The van der Waals surface area contributed by atoms with E-state index in [0.29, 0.717) is 5.69 Å². The normalized spacial score (nSPS) is 23.7.